The van der Waals surface area contributed by atoms with Crippen molar-refractivity contribution in [1.29, 1.82) is 0 Å². The molecular formula is C16H25FN2O2. The SMILES string of the molecule is CCC(O)(CC)CNC(C)CC(=O)Nc1cccc(F)c1. The lowest BCUT2D eigenvalue weighted by atomic mass is 9.97. The fraction of sp³-hybridized carbons (Fsp3) is 0.562. The number of hydrogen-bond acceptors (Lipinski definition) is 3. The van der Waals surface area contributed by atoms with E-state index in [0.29, 0.717) is 25.1 Å². The molecule has 0 fully saturated rings. The highest BCUT2D eigenvalue weighted by atomic mass is 19.1. The Labute approximate surface area is 125 Å². The third-order valence-corrected chi connectivity index (χ3v) is 3.70. The number of anilines is 1. The zero-order chi connectivity index (χ0) is 15.9. The van der Waals surface area contributed by atoms with Crippen LogP contribution in [0.25, 0.3) is 0 Å². The zero-order valence-electron chi connectivity index (χ0n) is 12.9. The van der Waals surface area contributed by atoms with Crippen LogP contribution in [-0.2, 0) is 4.79 Å². The van der Waals surface area contributed by atoms with Crippen molar-refractivity contribution in [3.63, 3.8) is 0 Å². The average Bonchev–Trinajstić information content (AvgIpc) is 2.44. The number of rotatable bonds is 8. The normalized spacial score (nSPS) is 13.0. The number of amides is 1. The van der Waals surface area contributed by atoms with Crippen LogP contribution in [-0.4, -0.2) is 29.2 Å². The van der Waals surface area contributed by atoms with Gasteiger partial charge in [0.1, 0.15) is 5.82 Å². The first kappa shape index (κ1) is 17.6. The molecule has 0 aromatic heterocycles. The Balaban J connectivity index is 2.40. The van der Waals surface area contributed by atoms with E-state index in [4.69, 9.17) is 0 Å². The van der Waals surface area contributed by atoms with E-state index in [1.54, 1.807) is 12.1 Å². The molecule has 1 aromatic rings. The third kappa shape index (κ3) is 6.23. The molecule has 118 valence electrons. The molecule has 1 aromatic carbocycles. The standard InChI is InChI=1S/C16H25FN2O2/c1-4-16(21,5-2)11-18-12(3)9-15(20)19-14-8-6-7-13(17)10-14/h6-8,10,12,18,21H,4-5,9,11H2,1-3H3,(H,19,20). The molecular weight excluding hydrogens is 271 g/mol. The summed E-state index contributed by atoms with van der Waals surface area (Å²) < 4.78 is 13.0. The van der Waals surface area contributed by atoms with Crippen molar-refractivity contribution in [2.24, 2.45) is 0 Å². The topological polar surface area (TPSA) is 61.4 Å². The van der Waals surface area contributed by atoms with Crippen LogP contribution >= 0.6 is 0 Å². The van der Waals surface area contributed by atoms with Gasteiger partial charge in [0.05, 0.1) is 5.60 Å². The number of benzene rings is 1. The summed E-state index contributed by atoms with van der Waals surface area (Å²) in [5, 5.41) is 16.0. The number of hydrogen-bond donors (Lipinski definition) is 3. The maximum Gasteiger partial charge on any atom is 0.225 e. The summed E-state index contributed by atoms with van der Waals surface area (Å²) in [7, 11) is 0. The minimum atomic E-state index is -0.729. The van der Waals surface area contributed by atoms with Gasteiger partial charge in [-0.3, -0.25) is 4.79 Å². The van der Waals surface area contributed by atoms with E-state index < -0.39 is 5.60 Å². The Morgan fingerprint density at radius 2 is 2.05 bits per heavy atom. The summed E-state index contributed by atoms with van der Waals surface area (Å²) in [4.78, 5) is 11.9. The van der Waals surface area contributed by atoms with Gasteiger partial charge in [-0.05, 0) is 38.0 Å². The first-order valence-corrected chi connectivity index (χ1v) is 7.39. The van der Waals surface area contributed by atoms with Crippen molar-refractivity contribution in [2.45, 2.75) is 51.7 Å². The van der Waals surface area contributed by atoms with Crippen molar-refractivity contribution in [2.75, 3.05) is 11.9 Å². The number of nitrogens with one attached hydrogen (secondary N) is 2. The van der Waals surface area contributed by atoms with Gasteiger partial charge < -0.3 is 15.7 Å². The molecule has 1 unspecified atom stereocenters. The Kier molecular flexibility index (Phi) is 6.78. The highest BCUT2D eigenvalue weighted by Crippen LogP contribution is 2.14. The van der Waals surface area contributed by atoms with E-state index in [1.165, 1.54) is 12.1 Å². The van der Waals surface area contributed by atoms with Gasteiger partial charge in [-0.25, -0.2) is 4.39 Å². The summed E-state index contributed by atoms with van der Waals surface area (Å²) in [6.45, 7) is 6.21. The fourth-order valence-corrected chi connectivity index (χ4v) is 1.99. The summed E-state index contributed by atoms with van der Waals surface area (Å²) in [5.41, 5.74) is -0.279. The maximum atomic E-state index is 13.0. The maximum absolute atomic E-state index is 13.0. The average molecular weight is 296 g/mol. The number of carbonyl (C=O) groups excluding carboxylic acids is 1. The zero-order valence-corrected chi connectivity index (χ0v) is 12.9. The summed E-state index contributed by atoms with van der Waals surface area (Å²) in [6.07, 6.45) is 1.59. The molecule has 0 aliphatic rings. The molecule has 1 atom stereocenters. The monoisotopic (exact) mass is 296 g/mol. The molecule has 21 heavy (non-hydrogen) atoms. The number of carbonyl (C=O) groups is 1. The molecule has 1 rings (SSSR count). The summed E-state index contributed by atoms with van der Waals surface area (Å²) >= 11 is 0. The first-order valence-electron chi connectivity index (χ1n) is 7.39. The first-order chi connectivity index (χ1) is 9.88. The van der Waals surface area contributed by atoms with Crippen LogP contribution in [0.5, 0.6) is 0 Å². The Bertz CT molecular complexity index is 461. The second-order valence-corrected chi connectivity index (χ2v) is 5.48. The van der Waals surface area contributed by atoms with Gasteiger partial charge in [0.25, 0.3) is 0 Å². The van der Waals surface area contributed by atoms with Gasteiger partial charge in [0, 0.05) is 24.7 Å². The Morgan fingerprint density at radius 3 is 2.62 bits per heavy atom. The fourth-order valence-electron chi connectivity index (χ4n) is 1.99. The number of aliphatic hydroxyl groups is 1. The Morgan fingerprint density at radius 1 is 1.38 bits per heavy atom. The van der Waals surface area contributed by atoms with Crippen LogP contribution in [0.2, 0.25) is 0 Å². The smallest absolute Gasteiger partial charge is 0.225 e. The van der Waals surface area contributed by atoms with Crippen molar-refractivity contribution in [3.8, 4) is 0 Å². The molecule has 0 aliphatic carbocycles. The second kappa shape index (κ2) is 8.10. The van der Waals surface area contributed by atoms with Gasteiger partial charge >= 0.3 is 0 Å². The second-order valence-electron chi connectivity index (χ2n) is 5.48. The van der Waals surface area contributed by atoms with Crippen molar-refractivity contribution in [1.82, 2.24) is 5.32 Å². The van der Waals surface area contributed by atoms with E-state index in [-0.39, 0.29) is 24.2 Å². The van der Waals surface area contributed by atoms with E-state index in [1.807, 2.05) is 20.8 Å². The van der Waals surface area contributed by atoms with Gasteiger partial charge in [-0.2, -0.15) is 0 Å². The van der Waals surface area contributed by atoms with E-state index in [2.05, 4.69) is 10.6 Å². The van der Waals surface area contributed by atoms with Crippen LogP contribution in [0, 0.1) is 5.82 Å². The number of halogens is 1. The predicted octanol–water partition coefficient (Wildman–Crippen LogP) is 2.68. The van der Waals surface area contributed by atoms with E-state index >= 15 is 0 Å². The van der Waals surface area contributed by atoms with Crippen molar-refractivity contribution >= 4 is 11.6 Å². The molecule has 4 nitrogen and oxygen atoms in total. The molecule has 5 heteroatoms. The van der Waals surface area contributed by atoms with E-state index in [9.17, 15) is 14.3 Å². The molecule has 3 N–H and O–H groups in total. The lowest BCUT2D eigenvalue weighted by Gasteiger charge is -2.27. The molecule has 0 heterocycles. The lowest BCUT2D eigenvalue weighted by Crippen LogP contribution is -2.43. The molecule has 0 saturated heterocycles. The highest BCUT2D eigenvalue weighted by molar-refractivity contribution is 5.91. The minimum absolute atomic E-state index is 0.0665. The lowest BCUT2D eigenvalue weighted by molar-refractivity contribution is -0.116. The van der Waals surface area contributed by atoms with Gasteiger partial charge in [-0.15, -0.1) is 0 Å². The molecule has 0 radical (unpaired) electrons. The molecule has 0 saturated carbocycles. The van der Waals surface area contributed by atoms with Gasteiger partial charge in [-0.1, -0.05) is 19.9 Å². The third-order valence-electron chi connectivity index (χ3n) is 3.70. The van der Waals surface area contributed by atoms with Crippen LogP contribution in [0.15, 0.2) is 24.3 Å². The van der Waals surface area contributed by atoms with Crippen LogP contribution in [0.3, 0.4) is 0 Å². The molecule has 0 spiro atoms. The molecule has 1 amide bonds. The van der Waals surface area contributed by atoms with Crippen molar-refractivity contribution in [3.05, 3.63) is 30.1 Å². The van der Waals surface area contributed by atoms with Gasteiger partial charge in [0.2, 0.25) is 5.91 Å². The van der Waals surface area contributed by atoms with Crippen LogP contribution < -0.4 is 10.6 Å². The Hall–Kier alpha value is -1.46. The molecule has 0 bridgehead atoms. The van der Waals surface area contributed by atoms with Crippen molar-refractivity contribution < 1.29 is 14.3 Å². The molecule has 0 aliphatic heterocycles. The predicted molar refractivity (Wildman–Crippen MR) is 82.6 cm³/mol. The summed E-state index contributed by atoms with van der Waals surface area (Å²) in [6, 6.07) is 5.74. The quantitative estimate of drug-likeness (QED) is 0.691. The van der Waals surface area contributed by atoms with E-state index in [0.717, 1.165) is 0 Å². The minimum Gasteiger partial charge on any atom is -0.389 e. The van der Waals surface area contributed by atoms with Crippen LogP contribution in [0.4, 0.5) is 10.1 Å². The van der Waals surface area contributed by atoms with Crippen LogP contribution in [0.1, 0.15) is 40.0 Å². The summed E-state index contributed by atoms with van der Waals surface area (Å²) in [5.74, 6) is -0.563. The highest BCUT2D eigenvalue weighted by Gasteiger charge is 2.22. The van der Waals surface area contributed by atoms with Gasteiger partial charge in [0.15, 0.2) is 0 Å². The largest absolute Gasteiger partial charge is 0.389 e.